The van der Waals surface area contributed by atoms with Crippen molar-refractivity contribution in [2.45, 2.75) is 13.0 Å². The van der Waals surface area contributed by atoms with Crippen LogP contribution in [-0.4, -0.2) is 20.8 Å². The van der Waals surface area contributed by atoms with Gasteiger partial charge >= 0.3 is 0 Å². The highest BCUT2D eigenvalue weighted by molar-refractivity contribution is 5.43. The van der Waals surface area contributed by atoms with Gasteiger partial charge in [-0.3, -0.25) is 0 Å². The smallest absolute Gasteiger partial charge is 0.161 e. The molecule has 0 amide bonds. The number of ether oxygens (including phenoxy) is 2. The van der Waals surface area contributed by atoms with E-state index in [1.807, 2.05) is 43.4 Å². The molecule has 0 atom stereocenters. The van der Waals surface area contributed by atoms with E-state index in [9.17, 15) is 0 Å². The van der Waals surface area contributed by atoms with E-state index in [0.717, 1.165) is 24.5 Å². The van der Waals surface area contributed by atoms with Crippen molar-refractivity contribution in [1.29, 1.82) is 0 Å². The van der Waals surface area contributed by atoms with Gasteiger partial charge in [0.2, 0.25) is 0 Å². The highest BCUT2D eigenvalue weighted by atomic mass is 16.5. The van der Waals surface area contributed by atoms with Crippen LogP contribution >= 0.6 is 0 Å². The molecule has 1 N–H and O–H groups in total. The quantitative estimate of drug-likeness (QED) is 0.839. The average molecular weight is 271 g/mol. The number of hydrogen-bond donors (Lipinski definition) is 1. The van der Waals surface area contributed by atoms with Crippen LogP contribution in [0.15, 0.2) is 48.5 Å². The van der Waals surface area contributed by atoms with E-state index in [0.29, 0.717) is 6.61 Å². The minimum absolute atomic E-state index is 0.642. The summed E-state index contributed by atoms with van der Waals surface area (Å²) in [7, 11) is 3.59. The van der Waals surface area contributed by atoms with Gasteiger partial charge in [0.05, 0.1) is 13.7 Å². The van der Waals surface area contributed by atoms with Gasteiger partial charge in [0.15, 0.2) is 11.5 Å². The predicted molar refractivity (Wildman–Crippen MR) is 81.4 cm³/mol. The summed E-state index contributed by atoms with van der Waals surface area (Å²) in [5, 5.41) is 3.13. The SMILES string of the molecule is CNCc1ccc(OC)c(OCCc2ccccc2)c1. The minimum atomic E-state index is 0.642. The van der Waals surface area contributed by atoms with Gasteiger partial charge in [-0.05, 0) is 30.3 Å². The van der Waals surface area contributed by atoms with E-state index in [1.165, 1.54) is 11.1 Å². The first kappa shape index (κ1) is 14.4. The van der Waals surface area contributed by atoms with Crippen LogP contribution in [0.1, 0.15) is 11.1 Å². The molecule has 3 heteroatoms. The first-order chi connectivity index (χ1) is 9.83. The Morgan fingerprint density at radius 2 is 1.75 bits per heavy atom. The largest absolute Gasteiger partial charge is 0.493 e. The topological polar surface area (TPSA) is 30.5 Å². The van der Waals surface area contributed by atoms with Crippen LogP contribution in [0.5, 0.6) is 11.5 Å². The predicted octanol–water partition coefficient (Wildman–Crippen LogP) is 3.04. The van der Waals surface area contributed by atoms with Crippen LogP contribution in [0.3, 0.4) is 0 Å². The Morgan fingerprint density at radius 1 is 0.950 bits per heavy atom. The summed E-state index contributed by atoms with van der Waals surface area (Å²) in [4.78, 5) is 0. The average Bonchev–Trinajstić information content (AvgIpc) is 2.49. The molecule has 0 aliphatic rings. The summed E-state index contributed by atoms with van der Waals surface area (Å²) in [6, 6.07) is 16.3. The zero-order valence-electron chi connectivity index (χ0n) is 12.1. The maximum absolute atomic E-state index is 5.87. The lowest BCUT2D eigenvalue weighted by Gasteiger charge is -2.12. The van der Waals surface area contributed by atoms with Crippen molar-refractivity contribution < 1.29 is 9.47 Å². The molecule has 20 heavy (non-hydrogen) atoms. The van der Waals surface area contributed by atoms with Crippen LogP contribution in [-0.2, 0) is 13.0 Å². The van der Waals surface area contributed by atoms with Gasteiger partial charge in [-0.2, -0.15) is 0 Å². The lowest BCUT2D eigenvalue weighted by molar-refractivity contribution is 0.297. The van der Waals surface area contributed by atoms with Crippen molar-refractivity contribution in [3.63, 3.8) is 0 Å². The van der Waals surface area contributed by atoms with E-state index in [1.54, 1.807) is 7.11 Å². The summed E-state index contributed by atoms with van der Waals surface area (Å²) in [6.45, 7) is 1.46. The van der Waals surface area contributed by atoms with Crippen LogP contribution in [0.4, 0.5) is 0 Å². The number of nitrogens with one attached hydrogen (secondary N) is 1. The third-order valence-electron chi connectivity index (χ3n) is 3.10. The fourth-order valence-electron chi connectivity index (χ4n) is 2.07. The van der Waals surface area contributed by atoms with Gasteiger partial charge in [-0.25, -0.2) is 0 Å². The molecule has 106 valence electrons. The number of benzene rings is 2. The van der Waals surface area contributed by atoms with Gasteiger partial charge < -0.3 is 14.8 Å². The Labute approximate surface area is 120 Å². The van der Waals surface area contributed by atoms with Crippen LogP contribution < -0.4 is 14.8 Å². The lowest BCUT2D eigenvalue weighted by Crippen LogP contribution is -2.07. The maximum Gasteiger partial charge on any atom is 0.161 e. The standard InChI is InChI=1S/C17H21NO2/c1-18-13-15-8-9-16(19-2)17(12-15)20-11-10-14-6-4-3-5-7-14/h3-9,12,18H,10-11,13H2,1-2H3. The number of methoxy groups -OCH3 is 1. The Morgan fingerprint density at radius 3 is 2.45 bits per heavy atom. The van der Waals surface area contributed by atoms with Gasteiger partial charge in [-0.1, -0.05) is 36.4 Å². The summed E-state index contributed by atoms with van der Waals surface area (Å²) in [6.07, 6.45) is 0.889. The monoisotopic (exact) mass is 271 g/mol. The molecule has 0 radical (unpaired) electrons. The zero-order chi connectivity index (χ0) is 14.2. The molecule has 0 saturated heterocycles. The van der Waals surface area contributed by atoms with Gasteiger partial charge in [-0.15, -0.1) is 0 Å². The second-order valence-electron chi connectivity index (χ2n) is 4.60. The van der Waals surface area contributed by atoms with E-state index in [-0.39, 0.29) is 0 Å². The summed E-state index contributed by atoms with van der Waals surface area (Å²) >= 11 is 0. The van der Waals surface area contributed by atoms with Crippen LogP contribution in [0.2, 0.25) is 0 Å². The van der Waals surface area contributed by atoms with Crippen LogP contribution in [0.25, 0.3) is 0 Å². The molecule has 0 bridgehead atoms. The van der Waals surface area contributed by atoms with Crippen molar-refractivity contribution in [1.82, 2.24) is 5.32 Å². The molecular weight excluding hydrogens is 250 g/mol. The highest BCUT2D eigenvalue weighted by Crippen LogP contribution is 2.28. The highest BCUT2D eigenvalue weighted by Gasteiger charge is 2.05. The summed E-state index contributed by atoms with van der Waals surface area (Å²) < 4.78 is 11.2. The summed E-state index contributed by atoms with van der Waals surface area (Å²) in [5.74, 6) is 1.58. The molecule has 0 heterocycles. The lowest BCUT2D eigenvalue weighted by atomic mass is 10.1. The second-order valence-corrected chi connectivity index (χ2v) is 4.60. The second kappa shape index (κ2) is 7.56. The van der Waals surface area contributed by atoms with Crippen molar-refractivity contribution in [2.75, 3.05) is 20.8 Å². The molecule has 0 aliphatic carbocycles. The zero-order valence-corrected chi connectivity index (χ0v) is 12.1. The van der Waals surface area contributed by atoms with E-state index < -0.39 is 0 Å². The Bertz CT molecular complexity index is 526. The number of rotatable bonds is 7. The van der Waals surface area contributed by atoms with Crippen LogP contribution in [0, 0.1) is 0 Å². The molecule has 0 spiro atoms. The van der Waals surface area contributed by atoms with Gasteiger partial charge in [0.25, 0.3) is 0 Å². The molecular formula is C17H21NO2. The van der Waals surface area contributed by atoms with Crippen molar-refractivity contribution in [3.8, 4) is 11.5 Å². The van der Waals surface area contributed by atoms with Crippen molar-refractivity contribution in [2.24, 2.45) is 0 Å². The minimum Gasteiger partial charge on any atom is -0.493 e. The van der Waals surface area contributed by atoms with Gasteiger partial charge in [0, 0.05) is 13.0 Å². The molecule has 2 aromatic rings. The molecule has 2 rings (SSSR count). The fraction of sp³-hybridized carbons (Fsp3) is 0.294. The Balaban J connectivity index is 1.98. The number of hydrogen-bond acceptors (Lipinski definition) is 3. The van der Waals surface area contributed by atoms with Crippen molar-refractivity contribution in [3.05, 3.63) is 59.7 Å². The molecule has 3 nitrogen and oxygen atoms in total. The first-order valence-corrected chi connectivity index (χ1v) is 6.81. The van der Waals surface area contributed by atoms with E-state index in [2.05, 4.69) is 17.4 Å². The molecule has 0 aromatic heterocycles. The molecule has 2 aromatic carbocycles. The van der Waals surface area contributed by atoms with E-state index >= 15 is 0 Å². The molecule has 0 fully saturated rings. The fourth-order valence-corrected chi connectivity index (χ4v) is 2.07. The first-order valence-electron chi connectivity index (χ1n) is 6.81. The Hall–Kier alpha value is -2.00. The summed E-state index contributed by atoms with van der Waals surface area (Å²) in [5.41, 5.74) is 2.46. The third kappa shape index (κ3) is 4.00. The molecule has 0 aliphatic heterocycles. The third-order valence-corrected chi connectivity index (χ3v) is 3.10. The normalized spacial score (nSPS) is 10.3. The van der Waals surface area contributed by atoms with Crippen molar-refractivity contribution >= 4 is 0 Å². The molecule has 0 saturated carbocycles. The maximum atomic E-state index is 5.87. The van der Waals surface area contributed by atoms with E-state index in [4.69, 9.17) is 9.47 Å². The molecule has 0 unspecified atom stereocenters. The van der Waals surface area contributed by atoms with Gasteiger partial charge in [0.1, 0.15) is 0 Å². The Kier molecular flexibility index (Phi) is 5.44.